The first-order valence-corrected chi connectivity index (χ1v) is 5.47. The predicted molar refractivity (Wildman–Crippen MR) is 64.3 cm³/mol. The van der Waals surface area contributed by atoms with Gasteiger partial charge in [-0.3, -0.25) is 4.79 Å². The second kappa shape index (κ2) is 6.71. The van der Waals surface area contributed by atoms with Crippen molar-refractivity contribution in [2.24, 2.45) is 0 Å². The number of benzene rings is 1. The summed E-state index contributed by atoms with van der Waals surface area (Å²) in [7, 11) is 0. The summed E-state index contributed by atoms with van der Waals surface area (Å²) in [5.74, 6) is 0.560. The Labute approximate surface area is 95.8 Å². The number of rotatable bonds is 6. The Bertz CT molecular complexity index is 322. The zero-order chi connectivity index (χ0) is 11.8. The Morgan fingerprint density at radius 3 is 2.69 bits per heavy atom. The smallest absolute Gasteiger partial charge is 0.257 e. The number of carbonyl (C=O) groups is 1. The highest BCUT2D eigenvalue weighted by Crippen LogP contribution is 2.12. The molecule has 1 rings (SSSR count). The first-order chi connectivity index (χ1) is 7.72. The third kappa shape index (κ3) is 4.68. The van der Waals surface area contributed by atoms with Crippen molar-refractivity contribution in [3.8, 4) is 5.75 Å². The van der Waals surface area contributed by atoms with Crippen molar-refractivity contribution in [2.75, 3.05) is 18.9 Å². The van der Waals surface area contributed by atoms with E-state index in [1.54, 1.807) is 24.3 Å². The first-order valence-electron chi connectivity index (χ1n) is 5.47. The molecule has 0 aliphatic heterocycles. The number of nitrogens with one attached hydrogen (secondary N) is 1. The zero-order valence-corrected chi connectivity index (χ0v) is 9.53. The molecule has 0 fully saturated rings. The number of nitrogens with two attached hydrogens (primary N) is 1. The van der Waals surface area contributed by atoms with E-state index in [9.17, 15) is 4.79 Å². The molecule has 0 aliphatic rings. The van der Waals surface area contributed by atoms with E-state index < -0.39 is 0 Å². The maximum Gasteiger partial charge on any atom is 0.257 e. The molecule has 3 N–H and O–H groups in total. The fourth-order valence-corrected chi connectivity index (χ4v) is 1.17. The van der Waals surface area contributed by atoms with Gasteiger partial charge in [0.1, 0.15) is 5.75 Å². The molecule has 0 spiro atoms. The number of ether oxygens (including phenoxy) is 1. The summed E-state index contributed by atoms with van der Waals surface area (Å²) in [4.78, 5) is 11.3. The molecule has 0 bridgehead atoms. The number of hydrogen-bond acceptors (Lipinski definition) is 3. The van der Waals surface area contributed by atoms with Crippen molar-refractivity contribution in [3.63, 3.8) is 0 Å². The number of hydrogen-bond donors (Lipinski definition) is 2. The predicted octanol–water partition coefficient (Wildman–Crippen LogP) is 1.56. The van der Waals surface area contributed by atoms with E-state index in [1.807, 2.05) is 0 Å². The molecule has 0 saturated heterocycles. The van der Waals surface area contributed by atoms with E-state index in [1.165, 1.54) is 0 Å². The van der Waals surface area contributed by atoms with Gasteiger partial charge in [-0.25, -0.2) is 0 Å². The van der Waals surface area contributed by atoms with Crippen LogP contribution >= 0.6 is 0 Å². The maximum absolute atomic E-state index is 11.3. The molecule has 0 radical (unpaired) electrons. The van der Waals surface area contributed by atoms with Crippen LogP contribution in [0.25, 0.3) is 0 Å². The summed E-state index contributed by atoms with van der Waals surface area (Å²) in [6, 6.07) is 6.97. The van der Waals surface area contributed by atoms with Crippen molar-refractivity contribution in [1.29, 1.82) is 0 Å². The van der Waals surface area contributed by atoms with Gasteiger partial charge in [-0.1, -0.05) is 13.3 Å². The summed E-state index contributed by atoms with van der Waals surface area (Å²) in [5.41, 5.74) is 6.21. The molecule has 0 aromatic heterocycles. The Kier molecular flexibility index (Phi) is 5.19. The number of anilines is 1. The second-order valence-corrected chi connectivity index (χ2v) is 3.56. The lowest BCUT2D eigenvalue weighted by atomic mass is 10.3. The zero-order valence-electron chi connectivity index (χ0n) is 9.53. The minimum absolute atomic E-state index is 0.0492. The van der Waals surface area contributed by atoms with Crippen LogP contribution in [0.5, 0.6) is 5.75 Å². The van der Waals surface area contributed by atoms with Crippen molar-refractivity contribution in [2.45, 2.75) is 19.8 Å². The van der Waals surface area contributed by atoms with Crippen LogP contribution in [-0.4, -0.2) is 19.1 Å². The third-order valence-corrected chi connectivity index (χ3v) is 2.10. The largest absolute Gasteiger partial charge is 0.484 e. The van der Waals surface area contributed by atoms with E-state index >= 15 is 0 Å². The van der Waals surface area contributed by atoms with E-state index in [0.717, 1.165) is 12.8 Å². The molecule has 0 unspecified atom stereocenters. The standard InChI is InChI=1S/C12H18N2O2/c1-2-3-8-14-12(15)9-16-11-6-4-10(13)5-7-11/h4-7H,2-3,8-9,13H2,1H3,(H,14,15). The van der Waals surface area contributed by atoms with Crippen LogP contribution in [0.2, 0.25) is 0 Å². The minimum atomic E-state index is -0.0923. The Morgan fingerprint density at radius 2 is 2.06 bits per heavy atom. The normalized spacial score (nSPS) is 9.81. The van der Waals surface area contributed by atoms with Crippen molar-refractivity contribution < 1.29 is 9.53 Å². The SMILES string of the molecule is CCCCNC(=O)COc1ccc(N)cc1. The highest BCUT2D eigenvalue weighted by molar-refractivity contribution is 5.77. The summed E-state index contributed by atoms with van der Waals surface area (Å²) in [6.07, 6.45) is 2.06. The molecular weight excluding hydrogens is 204 g/mol. The quantitative estimate of drug-likeness (QED) is 0.567. The molecule has 0 saturated carbocycles. The van der Waals surface area contributed by atoms with E-state index in [0.29, 0.717) is 18.0 Å². The lowest BCUT2D eigenvalue weighted by Crippen LogP contribution is -2.29. The molecular formula is C12H18N2O2. The molecule has 0 aliphatic carbocycles. The first kappa shape index (κ1) is 12.4. The average molecular weight is 222 g/mol. The number of nitrogen functional groups attached to an aromatic ring is 1. The van der Waals surface area contributed by atoms with Crippen LogP contribution in [-0.2, 0) is 4.79 Å². The van der Waals surface area contributed by atoms with Gasteiger partial charge in [0.25, 0.3) is 5.91 Å². The topological polar surface area (TPSA) is 64.3 Å². The fraction of sp³-hybridized carbons (Fsp3) is 0.417. The van der Waals surface area contributed by atoms with Gasteiger partial charge in [-0.2, -0.15) is 0 Å². The average Bonchev–Trinajstić information content (AvgIpc) is 2.29. The molecule has 0 atom stereocenters. The number of unbranched alkanes of at least 4 members (excludes halogenated alkanes) is 1. The van der Waals surface area contributed by atoms with Gasteiger partial charge < -0.3 is 15.8 Å². The molecule has 1 amide bonds. The van der Waals surface area contributed by atoms with Gasteiger partial charge in [-0.05, 0) is 30.7 Å². The molecule has 16 heavy (non-hydrogen) atoms. The maximum atomic E-state index is 11.3. The van der Waals surface area contributed by atoms with Crippen molar-refractivity contribution in [1.82, 2.24) is 5.32 Å². The molecule has 0 heterocycles. The van der Waals surface area contributed by atoms with Gasteiger partial charge >= 0.3 is 0 Å². The van der Waals surface area contributed by atoms with Gasteiger partial charge in [0, 0.05) is 12.2 Å². The molecule has 88 valence electrons. The van der Waals surface area contributed by atoms with E-state index in [4.69, 9.17) is 10.5 Å². The summed E-state index contributed by atoms with van der Waals surface area (Å²) < 4.78 is 5.29. The van der Waals surface area contributed by atoms with Crippen LogP contribution < -0.4 is 15.8 Å². The van der Waals surface area contributed by atoms with E-state index in [2.05, 4.69) is 12.2 Å². The molecule has 4 nitrogen and oxygen atoms in total. The number of amides is 1. The van der Waals surface area contributed by atoms with Gasteiger partial charge in [-0.15, -0.1) is 0 Å². The van der Waals surface area contributed by atoms with Gasteiger partial charge in [0.2, 0.25) is 0 Å². The summed E-state index contributed by atoms with van der Waals surface area (Å²) in [6.45, 7) is 2.84. The Balaban J connectivity index is 2.23. The van der Waals surface area contributed by atoms with Crippen LogP contribution in [0.3, 0.4) is 0 Å². The van der Waals surface area contributed by atoms with Crippen LogP contribution in [0, 0.1) is 0 Å². The fourth-order valence-electron chi connectivity index (χ4n) is 1.17. The van der Waals surface area contributed by atoms with Gasteiger partial charge in [0.05, 0.1) is 0 Å². The summed E-state index contributed by atoms with van der Waals surface area (Å²) >= 11 is 0. The highest BCUT2D eigenvalue weighted by Gasteiger charge is 2.01. The lowest BCUT2D eigenvalue weighted by molar-refractivity contribution is -0.123. The molecule has 1 aromatic carbocycles. The molecule has 4 heteroatoms. The number of carbonyl (C=O) groups excluding carboxylic acids is 1. The second-order valence-electron chi connectivity index (χ2n) is 3.56. The van der Waals surface area contributed by atoms with Crippen LogP contribution in [0.4, 0.5) is 5.69 Å². The Hall–Kier alpha value is -1.71. The van der Waals surface area contributed by atoms with Crippen LogP contribution in [0.15, 0.2) is 24.3 Å². The highest BCUT2D eigenvalue weighted by atomic mass is 16.5. The van der Waals surface area contributed by atoms with Gasteiger partial charge in [0.15, 0.2) is 6.61 Å². The monoisotopic (exact) mass is 222 g/mol. The van der Waals surface area contributed by atoms with Crippen LogP contribution in [0.1, 0.15) is 19.8 Å². The Morgan fingerprint density at radius 1 is 1.38 bits per heavy atom. The van der Waals surface area contributed by atoms with E-state index in [-0.39, 0.29) is 12.5 Å². The summed E-state index contributed by atoms with van der Waals surface area (Å²) in [5, 5.41) is 2.78. The lowest BCUT2D eigenvalue weighted by Gasteiger charge is -2.07. The molecule has 1 aromatic rings. The van der Waals surface area contributed by atoms with Crippen molar-refractivity contribution in [3.05, 3.63) is 24.3 Å². The third-order valence-electron chi connectivity index (χ3n) is 2.10. The van der Waals surface area contributed by atoms with Crippen molar-refractivity contribution >= 4 is 11.6 Å². The minimum Gasteiger partial charge on any atom is -0.484 e.